The minimum atomic E-state index is -3.40. The average molecular weight is 917 g/mol. The fourth-order valence-electron chi connectivity index (χ4n) is 2.69. The van der Waals surface area contributed by atoms with Crippen molar-refractivity contribution in [3.63, 3.8) is 0 Å². The van der Waals surface area contributed by atoms with Crippen LogP contribution in [0.2, 0.25) is 25.2 Å². The minimum absolute atomic E-state index is 0.271. The molecular formula is C36H96N2O19Si2. The summed E-state index contributed by atoms with van der Waals surface area (Å²) in [5.74, 6) is 0. The molecule has 0 aromatic heterocycles. The number of nitrogen functional groups attached to an aromatic ring is 2. The molecule has 0 aliphatic rings. The third-order valence-electron chi connectivity index (χ3n) is 4.58. The Kier molecular flexibility index (Phi) is 212. The average Bonchev–Trinajstić information content (AvgIpc) is 3.36. The van der Waals surface area contributed by atoms with E-state index in [0.717, 1.165) is 131 Å². The zero-order valence-corrected chi connectivity index (χ0v) is 41.7. The summed E-state index contributed by atoms with van der Waals surface area (Å²) in [6.45, 7) is 7.44. The fraction of sp³-hybridized carbons (Fsp3) is 0.667. The van der Waals surface area contributed by atoms with Crippen LogP contribution in [-0.4, -0.2) is 224 Å². The van der Waals surface area contributed by atoms with E-state index < -0.39 is 17.1 Å². The van der Waals surface area contributed by atoms with Gasteiger partial charge in [0.15, 0.2) is 8.32 Å². The van der Waals surface area contributed by atoms with Crippen LogP contribution in [0.5, 0.6) is 0 Å². The van der Waals surface area contributed by atoms with Gasteiger partial charge >= 0.3 is 8.80 Å². The number of aliphatic hydroxyl groups is 15. The maximum absolute atomic E-state index is 9.29. The Labute approximate surface area is 359 Å². The highest BCUT2D eigenvalue weighted by molar-refractivity contribution is 6.71. The van der Waals surface area contributed by atoms with E-state index in [1.807, 2.05) is 24.3 Å². The summed E-state index contributed by atoms with van der Waals surface area (Å²) in [5.41, 5.74) is 15.1. The fourth-order valence-corrected chi connectivity index (χ4v) is 5.32. The maximum Gasteiger partial charge on any atom is 0.495 e. The minimum Gasteiger partial charge on any atom is -0.418 e. The van der Waals surface area contributed by atoms with Gasteiger partial charge in [-0.1, -0.05) is 24.3 Å². The van der Waals surface area contributed by atoms with Crippen LogP contribution >= 0.6 is 0 Å². The summed E-state index contributed by atoms with van der Waals surface area (Å²) < 4.78 is 10.4. The monoisotopic (exact) mass is 917 g/mol. The van der Waals surface area contributed by atoms with Crippen LogP contribution in [0.3, 0.4) is 0 Å². The molecule has 2 aromatic rings. The largest absolute Gasteiger partial charge is 0.495 e. The molecule has 0 aliphatic heterocycles. The maximum atomic E-state index is 9.29. The van der Waals surface area contributed by atoms with Crippen molar-refractivity contribution in [3.05, 3.63) is 59.7 Å². The van der Waals surface area contributed by atoms with Gasteiger partial charge in [0.25, 0.3) is 0 Å². The van der Waals surface area contributed by atoms with Crippen LogP contribution in [0.15, 0.2) is 48.5 Å². The molecule has 23 heteroatoms. The van der Waals surface area contributed by atoms with E-state index in [1.54, 1.807) is 12.1 Å². The van der Waals surface area contributed by atoms with Crippen LogP contribution < -0.4 is 11.5 Å². The molecular weight excluding hydrogens is 821 g/mol. The zero-order chi connectivity index (χ0) is 51.9. The van der Waals surface area contributed by atoms with Gasteiger partial charge in [0.05, 0.1) is 0 Å². The number of hydrogen-bond donors (Lipinski definition) is 19. The summed E-state index contributed by atoms with van der Waals surface area (Å²) in [6, 6.07) is 16.9. The van der Waals surface area contributed by atoms with Gasteiger partial charge in [0.1, 0.15) is 0 Å². The standard InChI is InChI=1S/C12H21NOSi.C9H15NO3Si.15CH4O/c1-4-14-15(2,3)10-9-11-5-7-12(13)8-6-11;1-13-14(11,12)7-6-8-2-4-9(10)5-3-8;15*1-2/h5-8H,4,9-10,13H2,1-3H3;2-5,11-12H,6-7,10H2,1H3;15*2H,1H3. The van der Waals surface area contributed by atoms with Crippen molar-refractivity contribution in [2.75, 3.05) is 132 Å². The molecule has 0 atom stereocenters. The normalized spacial score (nSPS) is 7.25. The number of benzene rings is 2. The zero-order valence-electron chi connectivity index (χ0n) is 39.7. The van der Waals surface area contributed by atoms with E-state index in [4.69, 9.17) is 92.5 Å². The molecule has 0 amide bonds. The molecule has 21 N–H and O–H groups in total. The summed E-state index contributed by atoms with van der Waals surface area (Å²) in [5, 5.41) is 105. The number of aryl methyl sites for hydroxylation is 2. The molecule has 21 nitrogen and oxygen atoms in total. The Bertz CT molecular complexity index is 747. The SMILES string of the molecule is CCO[Si](C)(C)CCc1ccc(N)cc1.CO.CO.CO.CO.CO.CO.CO.CO.CO.CO.CO.CO.CO.CO.CO.CO[Si](O)(O)CCc1ccc(N)cc1. The highest BCUT2D eigenvalue weighted by Crippen LogP contribution is 2.16. The molecule has 0 unspecified atom stereocenters. The first-order valence-corrected chi connectivity index (χ1v) is 21.7. The van der Waals surface area contributed by atoms with Gasteiger partial charge in [-0.05, 0) is 74.3 Å². The highest BCUT2D eigenvalue weighted by Gasteiger charge is 2.29. The summed E-state index contributed by atoms with van der Waals surface area (Å²) in [7, 11) is 11.5. The van der Waals surface area contributed by atoms with Crippen molar-refractivity contribution in [1.29, 1.82) is 0 Å². The molecule has 2 aromatic carbocycles. The van der Waals surface area contributed by atoms with Gasteiger partial charge in [0, 0.05) is 138 Å². The first-order chi connectivity index (χ1) is 28.6. The number of aliphatic hydroxyl groups excluding tert-OH is 15. The van der Waals surface area contributed by atoms with Crippen molar-refractivity contribution >= 4 is 28.5 Å². The van der Waals surface area contributed by atoms with Crippen molar-refractivity contribution in [1.82, 2.24) is 0 Å². The lowest BCUT2D eigenvalue weighted by molar-refractivity contribution is 0.185. The molecule has 59 heavy (non-hydrogen) atoms. The molecule has 372 valence electrons. The van der Waals surface area contributed by atoms with Gasteiger partial charge in [-0.2, -0.15) is 0 Å². The third-order valence-corrected chi connectivity index (χ3v) is 8.66. The van der Waals surface area contributed by atoms with E-state index in [0.29, 0.717) is 12.1 Å². The third kappa shape index (κ3) is 119. The van der Waals surface area contributed by atoms with E-state index >= 15 is 0 Å². The second-order valence-corrected chi connectivity index (χ2v) is 14.3. The summed E-state index contributed by atoms with van der Waals surface area (Å²) in [6.07, 6.45) is 1.69. The van der Waals surface area contributed by atoms with Gasteiger partial charge in [0.2, 0.25) is 0 Å². The quantitative estimate of drug-likeness (QED) is 0.0918. The number of rotatable bonds is 9. The molecule has 0 radical (unpaired) electrons. The Morgan fingerprint density at radius 2 is 0.610 bits per heavy atom. The molecule has 0 saturated carbocycles. The van der Waals surface area contributed by atoms with Gasteiger partial charge in [-0.3, -0.25) is 0 Å². The highest BCUT2D eigenvalue weighted by atomic mass is 28.4. The lowest BCUT2D eigenvalue weighted by atomic mass is 10.1. The van der Waals surface area contributed by atoms with E-state index in [-0.39, 0.29) is 6.04 Å². The van der Waals surface area contributed by atoms with E-state index in [9.17, 15) is 9.59 Å². The van der Waals surface area contributed by atoms with Crippen LogP contribution in [0, 0.1) is 0 Å². The lowest BCUT2D eigenvalue weighted by Crippen LogP contribution is -2.37. The van der Waals surface area contributed by atoms with Crippen molar-refractivity contribution < 1.29 is 95.0 Å². The molecule has 2 rings (SSSR count). The predicted octanol–water partition coefficient (Wildman–Crippen LogP) is -2.44. The predicted molar refractivity (Wildman–Crippen MR) is 247 cm³/mol. The Morgan fingerprint density at radius 3 is 0.797 bits per heavy atom. The van der Waals surface area contributed by atoms with Crippen LogP contribution in [0.4, 0.5) is 11.4 Å². The van der Waals surface area contributed by atoms with Crippen LogP contribution in [0.25, 0.3) is 0 Å². The van der Waals surface area contributed by atoms with E-state index in [1.165, 1.54) is 18.7 Å². The van der Waals surface area contributed by atoms with Gasteiger partial charge in [-0.15, -0.1) is 0 Å². The molecule has 0 bridgehead atoms. The lowest BCUT2D eigenvalue weighted by Gasteiger charge is -2.21. The number of anilines is 2. The Balaban J connectivity index is -0.0000000310. The summed E-state index contributed by atoms with van der Waals surface area (Å²) >= 11 is 0. The van der Waals surface area contributed by atoms with Crippen molar-refractivity contribution in [3.8, 4) is 0 Å². The smallest absolute Gasteiger partial charge is 0.418 e. The second kappa shape index (κ2) is 124. The number of hydrogen-bond acceptors (Lipinski definition) is 21. The first-order valence-electron chi connectivity index (χ1n) is 16.6. The van der Waals surface area contributed by atoms with Crippen LogP contribution in [-0.2, 0) is 21.7 Å². The Hall–Kier alpha value is -2.29. The molecule has 0 fully saturated rings. The van der Waals surface area contributed by atoms with Gasteiger partial charge < -0.3 is 107 Å². The van der Waals surface area contributed by atoms with Crippen molar-refractivity contribution in [2.24, 2.45) is 0 Å². The van der Waals surface area contributed by atoms with Crippen LogP contribution in [0.1, 0.15) is 18.1 Å². The number of nitrogens with two attached hydrogens (primary N) is 2. The molecule has 0 heterocycles. The molecule has 0 spiro atoms. The van der Waals surface area contributed by atoms with Crippen molar-refractivity contribution in [2.45, 2.75) is 44.9 Å². The van der Waals surface area contributed by atoms with E-state index in [2.05, 4.69) is 36.6 Å². The van der Waals surface area contributed by atoms with Gasteiger partial charge in [-0.25, -0.2) is 0 Å². The topological polar surface area (TPSA) is 414 Å². The Morgan fingerprint density at radius 1 is 0.407 bits per heavy atom. The summed E-state index contributed by atoms with van der Waals surface area (Å²) in [4.78, 5) is 18.6. The molecule has 0 aliphatic carbocycles. The first kappa shape index (κ1) is 101. The molecule has 0 saturated heterocycles. The second-order valence-electron chi connectivity index (χ2n) is 7.62.